The second kappa shape index (κ2) is 7.72. The number of hydrogen-bond acceptors (Lipinski definition) is 6. The van der Waals surface area contributed by atoms with Gasteiger partial charge in [-0.25, -0.2) is 0 Å². The molecule has 0 radical (unpaired) electrons. The lowest BCUT2D eigenvalue weighted by atomic mass is 10.0. The van der Waals surface area contributed by atoms with Crippen LogP contribution in [-0.4, -0.2) is 45.7 Å². The Kier molecular flexibility index (Phi) is 5.42. The number of rotatable bonds is 5. The van der Waals surface area contributed by atoms with Crippen LogP contribution in [0.15, 0.2) is 24.3 Å². The van der Waals surface area contributed by atoms with Crippen molar-refractivity contribution in [1.82, 2.24) is 19.0 Å². The predicted molar refractivity (Wildman–Crippen MR) is 93.4 cm³/mol. The van der Waals surface area contributed by atoms with Gasteiger partial charge in [-0.3, -0.25) is 4.79 Å². The molecule has 1 amide bonds. The lowest BCUT2D eigenvalue weighted by Crippen LogP contribution is -2.43. The smallest absolute Gasteiger partial charge is 0.251 e. The summed E-state index contributed by atoms with van der Waals surface area (Å²) in [6, 6.07) is 7.50. The number of piperidine rings is 1. The van der Waals surface area contributed by atoms with Gasteiger partial charge in [-0.05, 0) is 64.2 Å². The summed E-state index contributed by atoms with van der Waals surface area (Å²) in [7, 11) is 2.11. The van der Waals surface area contributed by atoms with Gasteiger partial charge in [0, 0.05) is 11.6 Å². The second-order valence-corrected chi connectivity index (χ2v) is 6.69. The third-order valence-corrected chi connectivity index (χ3v) is 4.95. The van der Waals surface area contributed by atoms with Gasteiger partial charge in [-0.2, -0.15) is 8.75 Å². The third kappa shape index (κ3) is 4.30. The average Bonchev–Trinajstić information content (AvgIpc) is 3.00. The van der Waals surface area contributed by atoms with E-state index in [4.69, 9.17) is 4.74 Å². The van der Waals surface area contributed by atoms with Crippen molar-refractivity contribution in [2.24, 2.45) is 0 Å². The fourth-order valence-electron chi connectivity index (χ4n) is 2.66. The molecule has 1 fully saturated rings. The highest BCUT2D eigenvalue weighted by atomic mass is 32.1. The van der Waals surface area contributed by atoms with Crippen LogP contribution in [0.3, 0.4) is 0 Å². The first kappa shape index (κ1) is 16.9. The summed E-state index contributed by atoms with van der Waals surface area (Å²) in [6.45, 7) is 4.37. The SMILES string of the molecule is Cc1nsnc1COc1ccc(C(=O)NC2CCN(C)CC2)cc1. The highest BCUT2D eigenvalue weighted by molar-refractivity contribution is 6.99. The van der Waals surface area contributed by atoms with Crippen LogP contribution in [0.1, 0.15) is 34.6 Å². The number of benzene rings is 1. The Labute approximate surface area is 146 Å². The van der Waals surface area contributed by atoms with Crippen molar-refractivity contribution in [3.63, 3.8) is 0 Å². The minimum Gasteiger partial charge on any atom is -0.487 e. The van der Waals surface area contributed by atoms with Crippen molar-refractivity contribution in [3.8, 4) is 5.75 Å². The van der Waals surface area contributed by atoms with E-state index in [0.29, 0.717) is 12.2 Å². The summed E-state index contributed by atoms with van der Waals surface area (Å²) in [5, 5.41) is 3.11. The van der Waals surface area contributed by atoms with Gasteiger partial charge in [0.15, 0.2) is 0 Å². The largest absolute Gasteiger partial charge is 0.487 e. The summed E-state index contributed by atoms with van der Waals surface area (Å²) in [5.41, 5.74) is 2.41. The molecule has 0 atom stereocenters. The standard InChI is InChI=1S/C17H22N4O2S/c1-12-16(20-24-19-12)11-23-15-5-3-13(4-6-15)17(22)18-14-7-9-21(2)10-8-14/h3-6,14H,7-11H2,1-2H3,(H,18,22). The lowest BCUT2D eigenvalue weighted by molar-refractivity contribution is 0.0917. The van der Waals surface area contributed by atoms with Crippen LogP contribution in [0.5, 0.6) is 5.75 Å². The number of carbonyl (C=O) groups is 1. The van der Waals surface area contributed by atoms with E-state index in [1.165, 1.54) is 11.7 Å². The number of likely N-dealkylation sites (tertiary alicyclic amines) is 1. The maximum absolute atomic E-state index is 12.3. The Morgan fingerprint density at radius 1 is 1.29 bits per heavy atom. The van der Waals surface area contributed by atoms with Crippen LogP contribution in [0.4, 0.5) is 0 Å². The van der Waals surface area contributed by atoms with Gasteiger partial charge in [0.25, 0.3) is 5.91 Å². The molecule has 1 saturated heterocycles. The number of hydrogen-bond donors (Lipinski definition) is 1. The molecule has 2 aromatic rings. The van der Waals surface area contributed by atoms with Crippen molar-refractivity contribution >= 4 is 17.6 Å². The normalized spacial score (nSPS) is 16.1. The highest BCUT2D eigenvalue weighted by Crippen LogP contribution is 2.16. The first-order valence-corrected chi connectivity index (χ1v) is 8.85. The summed E-state index contributed by atoms with van der Waals surface area (Å²) in [4.78, 5) is 14.6. The van der Waals surface area contributed by atoms with E-state index in [-0.39, 0.29) is 11.9 Å². The number of aromatic nitrogens is 2. The van der Waals surface area contributed by atoms with Crippen LogP contribution in [0.25, 0.3) is 0 Å². The van der Waals surface area contributed by atoms with E-state index in [1.54, 1.807) is 12.1 Å². The van der Waals surface area contributed by atoms with E-state index < -0.39 is 0 Å². The molecule has 1 aromatic heterocycles. The zero-order chi connectivity index (χ0) is 16.9. The van der Waals surface area contributed by atoms with Crippen molar-refractivity contribution in [1.29, 1.82) is 0 Å². The molecule has 0 spiro atoms. The van der Waals surface area contributed by atoms with Gasteiger partial charge in [-0.15, -0.1) is 0 Å². The zero-order valence-electron chi connectivity index (χ0n) is 14.0. The Morgan fingerprint density at radius 2 is 2.00 bits per heavy atom. The molecule has 0 unspecified atom stereocenters. The Hall–Kier alpha value is -1.99. The molecule has 1 aliphatic rings. The first-order chi connectivity index (χ1) is 11.6. The molecule has 1 aromatic carbocycles. The summed E-state index contributed by atoms with van der Waals surface area (Å²) in [5.74, 6) is 0.703. The van der Waals surface area contributed by atoms with Gasteiger partial charge in [0.05, 0.1) is 17.4 Å². The Morgan fingerprint density at radius 3 is 2.62 bits per heavy atom. The van der Waals surface area contributed by atoms with Gasteiger partial charge in [-0.1, -0.05) is 0 Å². The number of nitrogens with one attached hydrogen (secondary N) is 1. The minimum absolute atomic E-state index is 0.0179. The molecule has 128 valence electrons. The molecule has 6 nitrogen and oxygen atoms in total. The Bertz CT molecular complexity index is 678. The molecule has 0 saturated carbocycles. The number of carbonyl (C=O) groups excluding carboxylic acids is 1. The van der Waals surface area contributed by atoms with Crippen LogP contribution < -0.4 is 10.1 Å². The molecule has 1 N–H and O–H groups in total. The van der Waals surface area contributed by atoms with Gasteiger partial charge < -0.3 is 15.0 Å². The molecule has 24 heavy (non-hydrogen) atoms. The fraction of sp³-hybridized carbons (Fsp3) is 0.471. The predicted octanol–water partition coefficient (Wildman–Crippen LogP) is 2.25. The molecule has 0 bridgehead atoms. The monoisotopic (exact) mass is 346 g/mol. The van der Waals surface area contributed by atoms with Crippen molar-refractivity contribution in [3.05, 3.63) is 41.2 Å². The van der Waals surface area contributed by atoms with Gasteiger partial charge in [0.1, 0.15) is 18.1 Å². The lowest BCUT2D eigenvalue weighted by Gasteiger charge is -2.29. The van der Waals surface area contributed by atoms with E-state index in [9.17, 15) is 4.79 Å². The molecule has 1 aliphatic heterocycles. The number of aryl methyl sites for hydroxylation is 1. The summed E-state index contributed by atoms with van der Waals surface area (Å²) in [6.07, 6.45) is 2.01. The van der Waals surface area contributed by atoms with E-state index in [0.717, 1.165) is 43.1 Å². The van der Waals surface area contributed by atoms with Gasteiger partial charge in [0.2, 0.25) is 0 Å². The van der Waals surface area contributed by atoms with Crippen LogP contribution in [-0.2, 0) is 6.61 Å². The van der Waals surface area contributed by atoms with E-state index >= 15 is 0 Å². The van der Waals surface area contributed by atoms with Crippen LogP contribution in [0.2, 0.25) is 0 Å². The minimum atomic E-state index is -0.0179. The molecule has 2 heterocycles. The topological polar surface area (TPSA) is 67.3 Å². The van der Waals surface area contributed by atoms with Crippen LogP contribution in [0, 0.1) is 6.92 Å². The summed E-state index contributed by atoms with van der Waals surface area (Å²) < 4.78 is 14.0. The molecular weight excluding hydrogens is 324 g/mol. The molecule has 3 rings (SSSR count). The Balaban J connectivity index is 1.52. The average molecular weight is 346 g/mol. The quantitative estimate of drug-likeness (QED) is 0.899. The third-order valence-electron chi connectivity index (χ3n) is 4.29. The zero-order valence-corrected chi connectivity index (χ0v) is 14.8. The fourth-order valence-corrected chi connectivity index (χ4v) is 3.21. The number of nitrogens with zero attached hydrogens (tertiary/aromatic N) is 3. The van der Waals surface area contributed by atoms with E-state index in [1.807, 2.05) is 19.1 Å². The van der Waals surface area contributed by atoms with Crippen molar-refractivity contribution in [2.75, 3.05) is 20.1 Å². The van der Waals surface area contributed by atoms with E-state index in [2.05, 4.69) is 26.0 Å². The summed E-state index contributed by atoms with van der Waals surface area (Å²) >= 11 is 1.19. The second-order valence-electron chi connectivity index (χ2n) is 6.16. The van der Waals surface area contributed by atoms with Crippen LogP contribution >= 0.6 is 11.7 Å². The number of ether oxygens (including phenoxy) is 1. The van der Waals surface area contributed by atoms with Crippen molar-refractivity contribution < 1.29 is 9.53 Å². The molecule has 7 heteroatoms. The molecule has 0 aliphatic carbocycles. The highest BCUT2D eigenvalue weighted by Gasteiger charge is 2.19. The first-order valence-electron chi connectivity index (χ1n) is 8.12. The molecular formula is C17H22N4O2S. The van der Waals surface area contributed by atoms with Gasteiger partial charge >= 0.3 is 0 Å². The number of amides is 1. The maximum Gasteiger partial charge on any atom is 0.251 e. The van der Waals surface area contributed by atoms with Crippen molar-refractivity contribution in [2.45, 2.75) is 32.4 Å². The maximum atomic E-state index is 12.3.